The van der Waals surface area contributed by atoms with Crippen LogP contribution < -0.4 is 11.1 Å². The van der Waals surface area contributed by atoms with Crippen molar-refractivity contribution in [3.63, 3.8) is 0 Å². The number of hydrogen-bond donors (Lipinski definition) is 2. The van der Waals surface area contributed by atoms with Gasteiger partial charge in [0.25, 0.3) is 5.91 Å². The number of nitrogens with one attached hydrogen (secondary N) is 1. The highest BCUT2D eigenvalue weighted by Gasteiger charge is 2.23. The molecule has 0 unspecified atom stereocenters. The number of carbonyl (C=O) groups excluding carboxylic acids is 1. The summed E-state index contributed by atoms with van der Waals surface area (Å²) in [5.41, 5.74) is 6.04. The van der Waals surface area contributed by atoms with Crippen LogP contribution in [0.15, 0.2) is 5.38 Å². The first-order chi connectivity index (χ1) is 9.72. The summed E-state index contributed by atoms with van der Waals surface area (Å²) in [5, 5.41) is 5.73. The Kier molecular flexibility index (Phi) is 8.22. The second-order valence-corrected chi connectivity index (χ2v) is 6.61. The Labute approximate surface area is 137 Å². The summed E-state index contributed by atoms with van der Waals surface area (Å²) in [6.07, 6.45) is 8.67. The van der Waals surface area contributed by atoms with Gasteiger partial charge in [-0.2, -0.15) is 0 Å². The van der Waals surface area contributed by atoms with E-state index >= 15 is 0 Å². The van der Waals surface area contributed by atoms with E-state index in [-0.39, 0.29) is 18.3 Å². The van der Waals surface area contributed by atoms with Crippen molar-refractivity contribution in [3.8, 4) is 0 Å². The molecule has 0 spiro atoms. The lowest BCUT2D eigenvalue weighted by atomic mass is 9.83. The normalized spacial score (nSPS) is 21.6. The Morgan fingerprint density at radius 2 is 2.14 bits per heavy atom. The molecule has 120 valence electrons. The highest BCUT2D eigenvalue weighted by atomic mass is 35.5. The van der Waals surface area contributed by atoms with E-state index in [9.17, 15) is 4.79 Å². The van der Waals surface area contributed by atoms with E-state index in [0.29, 0.717) is 18.3 Å². The number of hydrogen-bond acceptors (Lipinski definition) is 4. The molecule has 1 amide bonds. The lowest BCUT2D eigenvalue weighted by Gasteiger charge is -2.28. The summed E-state index contributed by atoms with van der Waals surface area (Å²) in [4.78, 5) is 16.3. The second-order valence-electron chi connectivity index (χ2n) is 5.66. The quantitative estimate of drug-likeness (QED) is 0.838. The van der Waals surface area contributed by atoms with Crippen molar-refractivity contribution in [1.29, 1.82) is 0 Å². The zero-order valence-electron chi connectivity index (χ0n) is 12.6. The number of thiazole rings is 1. The van der Waals surface area contributed by atoms with Crippen LogP contribution in [0, 0.1) is 5.92 Å². The van der Waals surface area contributed by atoms with Gasteiger partial charge in [0.05, 0.1) is 0 Å². The minimum absolute atomic E-state index is 0. The van der Waals surface area contributed by atoms with Crippen molar-refractivity contribution in [3.05, 3.63) is 16.1 Å². The molecule has 6 heteroatoms. The smallest absolute Gasteiger partial charge is 0.270 e. The summed E-state index contributed by atoms with van der Waals surface area (Å²) in [6, 6.07) is 0.323. The largest absolute Gasteiger partial charge is 0.348 e. The Hall–Kier alpha value is -0.650. The van der Waals surface area contributed by atoms with Crippen LogP contribution in [0.25, 0.3) is 0 Å². The number of halogens is 1. The van der Waals surface area contributed by atoms with Crippen LogP contribution in [-0.2, 0) is 6.54 Å². The number of nitrogens with two attached hydrogens (primary N) is 1. The van der Waals surface area contributed by atoms with Gasteiger partial charge in [0, 0.05) is 18.0 Å². The second kappa shape index (κ2) is 9.38. The molecular weight excluding hydrogens is 306 g/mol. The summed E-state index contributed by atoms with van der Waals surface area (Å²) in [5.74, 6) is 0.823. The molecule has 1 saturated carbocycles. The van der Waals surface area contributed by atoms with Crippen molar-refractivity contribution in [2.24, 2.45) is 11.7 Å². The molecule has 1 heterocycles. The van der Waals surface area contributed by atoms with Gasteiger partial charge >= 0.3 is 0 Å². The molecule has 0 aromatic carbocycles. The Morgan fingerprint density at radius 3 is 2.71 bits per heavy atom. The van der Waals surface area contributed by atoms with Crippen molar-refractivity contribution in [1.82, 2.24) is 10.3 Å². The summed E-state index contributed by atoms with van der Waals surface area (Å²) < 4.78 is 0. The zero-order valence-corrected chi connectivity index (χ0v) is 14.3. The van der Waals surface area contributed by atoms with Gasteiger partial charge in [-0.1, -0.05) is 26.2 Å². The van der Waals surface area contributed by atoms with Crippen LogP contribution in [0.2, 0.25) is 0 Å². The molecule has 0 saturated heterocycles. The van der Waals surface area contributed by atoms with Crippen molar-refractivity contribution in [2.45, 2.75) is 64.5 Å². The fourth-order valence-electron chi connectivity index (χ4n) is 2.86. The average Bonchev–Trinajstić information content (AvgIpc) is 2.95. The van der Waals surface area contributed by atoms with Crippen LogP contribution in [0.1, 0.15) is 67.4 Å². The lowest BCUT2D eigenvalue weighted by Crippen LogP contribution is -2.37. The third-order valence-corrected chi connectivity index (χ3v) is 4.98. The predicted octanol–water partition coefficient (Wildman–Crippen LogP) is 3.50. The van der Waals surface area contributed by atoms with Gasteiger partial charge in [-0.15, -0.1) is 23.7 Å². The van der Waals surface area contributed by atoms with Gasteiger partial charge in [0.1, 0.15) is 10.7 Å². The highest BCUT2D eigenvalue weighted by Crippen LogP contribution is 2.28. The Balaban J connectivity index is 0.00000220. The maximum atomic E-state index is 12.1. The number of nitrogens with zero attached hydrogens (tertiary/aromatic N) is 1. The number of rotatable bonds is 6. The van der Waals surface area contributed by atoms with Gasteiger partial charge in [-0.3, -0.25) is 4.79 Å². The van der Waals surface area contributed by atoms with Crippen LogP contribution in [-0.4, -0.2) is 16.9 Å². The molecule has 1 aliphatic carbocycles. The van der Waals surface area contributed by atoms with Crippen LogP contribution >= 0.6 is 23.7 Å². The Bertz CT molecular complexity index is 430. The van der Waals surface area contributed by atoms with E-state index in [1.54, 1.807) is 5.38 Å². The minimum atomic E-state index is -0.0436. The van der Waals surface area contributed by atoms with Gasteiger partial charge in [-0.05, 0) is 31.6 Å². The van der Waals surface area contributed by atoms with Gasteiger partial charge in [0.15, 0.2) is 0 Å². The molecular formula is C15H26ClN3OS. The first-order valence-electron chi connectivity index (χ1n) is 7.68. The van der Waals surface area contributed by atoms with E-state index in [1.165, 1.54) is 43.4 Å². The van der Waals surface area contributed by atoms with E-state index in [1.807, 2.05) is 0 Å². The molecule has 4 nitrogen and oxygen atoms in total. The SMILES string of the molecule is CCCCC1CCC(NC(=O)c2csc(CN)n2)CC1.Cl. The summed E-state index contributed by atoms with van der Waals surface area (Å²) in [6.45, 7) is 2.65. The molecule has 1 aliphatic rings. The van der Waals surface area contributed by atoms with Crippen LogP contribution in [0.3, 0.4) is 0 Å². The maximum Gasteiger partial charge on any atom is 0.270 e. The van der Waals surface area contributed by atoms with Gasteiger partial charge < -0.3 is 11.1 Å². The average molecular weight is 332 g/mol. The number of carbonyl (C=O) groups is 1. The molecule has 1 aromatic rings. The fourth-order valence-corrected chi connectivity index (χ4v) is 3.51. The highest BCUT2D eigenvalue weighted by molar-refractivity contribution is 7.09. The fraction of sp³-hybridized carbons (Fsp3) is 0.733. The van der Waals surface area contributed by atoms with Gasteiger partial charge in [-0.25, -0.2) is 4.98 Å². The van der Waals surface area contributed by atoms with E-state index in [0.717, 1.165) is 23.8 Å². The number of amides is 1. The predicted molar refractivity (Wildman–Crippen MR) is 90.0 cm³/mol. The number of aromatic nitrogens is 1. The molecule has 2 rings (SSSR count). The van der Waals surface area contributed by atoms with Crippen molar-refractivity contribution in [2.75, 3.05) is 0 Å². The molecule has 1 aromatic heterocycles. The first kappa shape index (κ1) is 18.4. The third-order valence-electron chi connectivity index (χ3n) is 4.11. The van der Waals surface area contributed by atoms with E-state index in [4.69, 9.17) is 5.73 Å². The Morgan fingerprint density at radius 1 is 1.43 bits per heavy atom. The molecule has 0 atom stereocenters. The lowest BCUT2D eigenvalue weighted by molar-refractivity contribution is 0.0916. The standard InChI is InChI=1S/C15H25N3OS.ClH/c1-2-3-4-11-5-7-12(8-6-11)17-15(19)13-10-20-14(9-16)18-13;/h10-12H,2-9,16H2,1H3,(H,17,19);1H. The molecule has 0 aliphatic heterocycles. The third kappa shape index (κ3) is 5.57. The topological polar surface area (TPSA) is 68.0 Å². The van der Waals surface area contributed by atoms with Crippen LogP contribution in [0.5, 0.6) is 0 Å². The summed E-state index contributed by atoms with van der Waals surface area (Å²) in [7, 11) is 0. The van der Waals surface area contributed by atoms with Crippen molar-refractivity contribution >= 4 is 29.7 Å². The molecule has 21 heavy (non-hydrogen) atoms. The maximum absolute atomic E-state index is 12.1. The van der Waals surface area contributed by atoms with E-state index in [2.05, 4.69) is 17.2 Å². The van der Waals surface area contributed by atoms with Gasteiger partial charge in [0.2, 0.25) is 0 Å². The van der Waals surface area contributed by atoms with E-state index < -0.39 is 0 Å². The minimum Gasteiger partial charge on any atom is -0.348 e. The molecule has 3 N–H and O–H groups in total. The first-order valence-corrected chi connectivity index (χ1v) is 8.56. The monoisotopic (exact) mass is 331 g/mol. The molecule has 1 fully saturated rings. The van der Waals surface area contributed by atoms with Crippen molar-refractivity contribution < 1.29 is 4.79 Å². The number of unbranched alkanes of at least 4 members (excludes halogenated alkanes) is 1. The molecule has 0 bridgehead atoms. The molecule has 0 radical (unpaired) electrons. The summed E-state index contributed by atoms with van der Waals surface area (Å²) >= 11 is 1.45. The zero-order chi connectivity index (χ0) is 14.4. The van der Waals surface area contributed by atoms with Crippen LogP contribution in [0.4, 0.5) is 0 Å².